The van der Waals surface area contributed by atoms with Gasteiger partial charge in [-0.15, -0.1) is 22.7 Å². The van der Waals surface area contributed by atoms with Crippen LogP contribution in [0.15, 0.2) is 364 Å². The summed E-state index contributed by atoms with van der Waals surface area (Å²) in [6, 6.07) is 133. The van der Waals surface area contributed by atoms with Crippen molar-refractivity contribution in [3.05, 3.63) is 364 Å². The molecule has 16 aromatic carbocycles. The van der Waals surface area contributed by atoms with Gasteiger partial charge in [0.05, 0.1) is 54.5 Å². The molecule has 4 nitrogen and oxygen atoms in total. The van der Waals surface area contributed by atoms with Gasteiger partial charge in [-0.25, -0.2) is 0 Å². The molecule has 476 valence electrons. The number of rotatable bonds is 8. The molecule has 0 aliphatic rings. The molecule has 22 rings (SSSR count). The van der Waals surface area contributed by atoms with Crippen LogP contribution in [-0.4, -0.2) is 18.3 Å². The third-order valence-electron chi connectivity index (χ3n) is 21.0. The Balaban J connectivity index is 0.000000133. The molecule has 0 fully saturated rings. The molecule has 0 saturated carbocycles. The Morgan fingerprint density at radius 2 is 0.471 bits per heavy atom. The summed E-state index contributed by atoms with van der Waals surface area (Å²) in [7, 11) is 0. The van der Waals surface area contributed by atoms with Gasteiger partial charge in [0, 0.05) is 95.8 Å². The molecule has 22 aromatic rings. The van der Waals surface area contributed by atoms with Gasteiger partial charge in [0.25, 0.3) is 0 Å². The lowest BCUT2D eigenvalue weighted by molar-refractivity contribution is 1.18. The first-order valence-corrected chi connectivity index (χ1v) is 36.5. The Morgan fingerprint density at radius 1 is 0.157 bits per heavy atom. The summed E-state index contributed by atoms with van der Waals surface area (Å²) < 4.78 is 15.0. The second-order valence-corrected chi connectivity index (χ2v) is 28.8. The van der Waals surface area contributed by atoms with Gasteiger partial charge < -0.3 is 18.3 Å². The minimum atomic E-state index is 1.16. The lowest BCUT2D eigenvalue weighted by atomic mass is 10.0. The highest BCUT2D eigenvalue weighted by molar-refractivity contribution is 7.26. The molecule has 6 heterocycles. The number of fused-ring (bicyclic) bond motifs is 18. The van der Waals surface area contributed by atoms with E-state index >= 15 is 0 Å². The van der Waals surface area contributed by atoms with Crippen LogP contribution in [0.1, 0.15) is 0 Å². The summed E-state index contributed by atoms with van der Waals surface area (Å²) in [5.41, 5.74) is 24.2. The van der Waals surface area contributed by atoms with Crippen molar-refractivity contribution in [3.63, 3.8) is 0 Å². The van der Waals surface area contributed by atoms with Crippen molar-refractivity contribution in [3.8, 4) is 67.3 Å². The molecule has 0 spiro atoms. The SMILES string of the molecule is c1ccc(-c2cccc(-n3c4ccccc4c4cc(-c5ccc6c(c5)c5ccccc5n6-c5ccc6c(c5)sc5ccccc56)ccc43)c2)cc1.c1ccc(-c2cccc(-n3c4ccccc4c4cc(-c5ccc6c(c5)c5ccccc5n6-c5cccc6c5sc5ccccc56)ccc43)c2)cc1. The number of benzene rings is 16. The molecule has 0 saturated heterocycles. The molecular weight excluding hydrogens is 1270 g/mol. The fraction of sp³-hybridized carbons (Fsp3) is 0. The van der Waals surface area contributed by atoms with Crippen molar-refractivity contribution in [1.29, 1.82) is 0 Å². The molecule has 0 N–H and O–H groups in total. The van der Waals surface area contributed by atoms with Crippen LogP contribution in [0.2, 0.25) is 0 Å². The van der Waals surface area contributed by atoms with Crippen LogP contribution in [0, 0.1) is 0 Å². The van der Waals surface area contributed by atoms with E-state index in [9.17, 15) is 0 Å². The maximum atomic E-state index is 2.46. The Kier molecular flexibility index (Phi) is 13.3. The highest BCUT2D eigenvalue weighted by Crippen LogP contribution is 2.45. The Hall–Kier alpha value is -12.8. The highest BCUT2D eigenvalue weighted by atomic mass is 32.1. The minimum absolute atomic E-state index is 1.16. The van der Waals surface area contributed by atoms with Crippen molar-refractivity contribution in [2.45, 2.75) is 0 Å². The van der Waals surface area contributed by atoms with E-state index < -0.39 is 0 Å². The minimum Gasteiger partial charge on any atom is -0.309 e. The van der Waals surface area contributed by atoms with Crippen LogP contribution in [-0.2, 0) is 0 Å². The monoisotopic (exact) mass is 1330 g/mol. The topological polar surface area (TPSA) is 19.7 Å². The average Bonchev–Trinajstić information content (AvgIpc) is 1.60. The van der Waals surface area contributed by atoms with Crippen LogP contribution < -0.4 is 0 Å². The summed E-state index contributed by atoms with van der Waals surface area (Å²) >= 11 is 3.75. The normalized spacial score (nSPS) is 11.9. The number of nitrogens with zero attached hydrogens (tertiary/aromatic N) is 4. The van der Waals surface area contributed by atoms with E-state index in [0.29, 0.717) is 0 Å². The molecule has 0 unspecified atom stereocenters. The average molecular weight is 1330 g/mol. The van der Waals surface area contributed by atoms with Gasteiger partial charge in [-0.3, -0.25) is 0 Å². The zero-order valence-electron chi connectivity index (χ0n) is 55.2. The lowest BCUT2D eigenvalue weighted by Crippen LogP contribution is -1.94. The number of thiophene rings is 2. The molecule has 0 radical (unpaired) electrons. The number of hydrogen-bond acceptors (Lipinski definition) is 2. The first kappa shape index (κ1) is 58.2. The van der Waals surface area contributed by atoms with E-state index in [4.69, 9.17) is 0 Å². The van der Waals surface area contributed by atoms with Crippen molar-refractivity contribution in [1.82, 2.24) is 18.3 Å². The van der Waals surface area contributed by atoms with Gasteiger partial charge >= 0.3 is 0 Å². The number of para-hydroxylation sites is 4. The molecule has 6 heteroatoms. The summed E-state index contributed by atoms with van der Waals surface area (Å²) in [5.74, 6) is 0. The molecule has 6 aromatic heterocycles. The van der Waals surface area contributed by atoms with E-state index in [2.05, 4.69) is 382 Å². The first-order chi connectivity index (χ1) is 50.6. The standard InChI is InChI=1S/2C48H30N2S/c1-2-12-31(13-3-1)32-14-10-15-35(28-32)49-42-20-7-4-16-36(42)40-29-33(24-26-44(40)49)34-25-27-45-41(30-34)37-17-5-8-21-43(37)50(45)46-22-11-19-39-38-18-6-9-23-47(38)51-48(39)46;1-2-11-31(12-3-1)32-13-10-14-35(27-32)49-43-18-7-4-15-37(43)41-28-33(21-25-45(41)49)34-22-26-46-42(29-34)38-16-5-8-19-44(38)50(46)36-23-24-40-39-17-6-9-20-47(39)51-48(40)30-36/h2*1-30H. The van der Waals surface area contributed by atoms with Crippen LogP contribution in [0.5, 0.6) is 0 Å². The van der Waals surface area contributed by atoms with Gasteiger partial charge in [0.15, 0.2) is 0 Å². The fourth-order valence-electron chi connectivity index (χ4n) is 16.4. The molecule has 0 amide bonds. The second kappa shape index (κ2) is 23.4. The highest BCUT2D eigenvalue weighted by Gasteiger charge is 2.22. The van der Waals surface area contributed by atoms with Gasteiger partial charge in [-0.05, 0) is 172 Å². The quantitative estimate of drug-likeness (QED) is 0.144. The zero-order chi connectivity index (χ0) is 66.9. The van der Waals surface area contributed by atoms with Gasteiger partial charge in [-0.2, -0.15) is 0 Å². The van der Waals surface area contributed by atoms with Gasteiger partial charge in [0.1, 0.15) is 0 Å². The molecule has 102 heavy (non-hydrogen) atoms. The number of hydrogen-bond donors (Lipinski definition) is 0. The van der Waals surface area contributed by atoms with Crippen molar-refractivity contribution < 1.29 is 0 Å². The van der Waals surface area contributed by atoms with Crippen molar-refractivity contribution in [2.24, 2.45) is 0 Å². The first-order valence-electron chi connectivity index (χ1n) is 34.9. The summed E-state index contributed by atoms with van der Waals surface area (Å²) in [5, 5.41) is 15.4. The third-order valence-corrected chi connectivity index (χ3v) is 23.4. The summed E-state index contributed by atoms with van der Waals surface area (Å²) in [6.45, 7) is 0. The van der Waals surface area contributed by atoms with Gasteiger partial charge in [0.2, 0.25) is 0 Å². The Bertz CT molecular complexity index is 7140. The predicted molar refractivity (Wildman–Crippen MR) is 438 cm³/mol. The van der Waals surface area contributed by atoms with E-state index in [1.807, 2.05) is 22.7 Å². The van der Waals surface area contributed by atoms with E-state index in [1.54, 1.807) is 0 Å². The van der Waals surface area contributed by atoms with E-state index in [-0.39, 0.29) is 0 Å². The fourth-order valence-corrected chi connectivity index (χ4v) is 18.7. The van der Waals surface area contributed by atoms with Gasteiger partial charge in [-0.1, -0.05) is 237 Å². The van der Waals surface area contributed by atoms with Crippen molar-refractivity contribution >= 4 is 150 Å². The Morgan fingerprint density at radius 3 is 0.931 bits per heavy atom. The molecule has 0 atom stereocenters. The third kappa shape index (κ3) is 9.27. The largest absolute Gasteiger partial charge is 0.309 e. The Labute approximate surface area is 595 Å². The molecular formula is C96H60N4S2. The van der Waals surface area contributed by atoms with E-state index in [1.165, 1.54) is 189 Å². The van der Waals surface area contributed by atoms with Crippen LogP contribution in [0.3, 0.4) is 0 Å². The molecule has 0 aliphatic heterocycles. The smallest absolute Gasteiger partial charge is 0.0640 e. The summed E-state index contributed by atoms with van der Waals surface area (Å²) in [6.07, 6.45) is 0. The second-order valence-electron chi connectivity index (χ2n) is 26.7. The van der Waals surface area contributed by atoms with E-state index in [0.717, 1.165) is 5.69 Å². The van der Waals surface area contributed by atoms with Crippen LogP contribution in [0.4, 0.5) is 0 Å². The molecule has 0 aliphatic carbocycles. The lowest BCUT2D eigenvalue weighted by Gasteiger charge is -2.11. The predicted octanol–water partition coefficient (Wildman–Crippen LogP) is 27.2. The number of aromatic nitrogens is 4. The maximum Gasteiger partial charge on any atom is 0.0640 e. The van der Waals surface area contributed by atoms with Crippen LogP contribution in [0.25, 0.3) is 195 Å². The maximum absolute atomic E-state index is 2.46. The molecule has 0 bridgehead atoms. The van der Waals surface area contributed by atoms with Crippen molar-refractivity contribution in [2.75, 3.05) is 0 Å². The van der Waals surface area contributed by atoms with Crippen LogP contribution >= 0.6 is 22.7 Å². The summed E-state index contributed by atoms with van der Waals surface area (Å²) in [4.78, 5) is 0. The zero-order valence-corrected chi connectivity index (χ0v) is 56.9.